The summed E-state index contributed by atoms with van der Waals surface area (Å²) in [5.74, 6) is 1.30. The van der Waals surface area contributed by atoms with E-state index in [9.17, 15) is 0 Å². The van der Waals surface area contributed by atoms with E-state index in [-0.39, 0.29) is 0 Å². The molecule has 8 heteroatoms. The van der Waals surface area contributed by atoms with Crippen molar-refractivity contribution < 1.29 is 9.47 Å². The van der Waals surface area contributed by atoms with Crippen LogP contribution in [0.3, 0.4) is 0 Å². The second-order valence-electron chi connectivity index (χ2n) is 9.41. The van der Waals surface area contributed by atoms with Gasteiger partial charge in [-0.05, 0) is 24.3 Å². The van der Waals surface area contributed by atoms with Crippen LogP contribution in [0.4, 0.5) is 5.95 Å². The molecule has 1 saturated heterocycles. The van der Waals surface area contributed by atoms with Gasteiger partial charge in [0.25, 0.3) is 0 Å². The first-order valence-corrected chi connectivity index (χ1v) is 13.5. The van der Waals surface area contributed by atoms with Gasteiger partial charge >= 0.3 is 0 Å². The predicted octanol–water partition coefficient (Wildman–Crippen LogP) is 3.77. The Hall–Kier alpha value is -1.67. The number of aromatic nitrogens is 4. The Kier molecular flexibility index (Phi) is 5.76. The Balaban J connectivity index is 1.78. The highest BCUT2D eigenvalue weighted by atomic mass is 28.3. The van der Waals surface area contributed by atoms with Gasteiger partial charge in [0.2, 0.25) is 11.8 Å². The Bertz CT molecular complexity index is 774. The Morgan fingerprint density at radius 1 is 1.15 bits per heavy atom. The predicted molar refractivity (Wildman–Crippen MR) is 111 cm³/mol. The average Bonchev–Trinajstić information content (AvgIpc) is 3.00. The van der Waals surface area contributed by atoms with Gasteiger partial charge in [-0.25, -0.2) is 4.68 Å². The standard InChI is InChI=1S/C19H33N5O2Si/c1-19(2)7-9-23(10-8-19)18-21-16-15(17(22-18)25-3)13-20-24(16)14-26-11-12-27(4,5)6/h13H,7-12,14H2,1-6H3. The maximum absolute atomic E-state index is 5.87. The molecule has 0 aromatic carbocycles. The van der Waals surface area contributed by atoms with Gasteiger partial charge < -0.3 is 14.4 Å². The van der Waals surface area contributed by atoms with E-state index in [1.165, 1.54) is 0 Å². The lowest BCUT2D eigenvalue weighted by atomic mass is 9.83. The van der Waals surface area contributed by atoms with E-state index < -0.39 is 8.07 Å². The molecular weight excluding hydrogens is 358 g/mol. The number of nitrogens with zero attached hydrogens (tertiary/aromatic N) is 5. The summed E-state index contributed by atoms with van der Waals surface area (Å²) in [4.78, 5) is 11.7. The van der Waals surface area contributed by atoms with Crippen LogP contribution in [0.1, 0.15) is 26.7 Å². The van der Waals surface area contributed by atoms with Gasteiger partial charge in [-0.15, -0.1) is 0 Å². The first-order chi connectivity index (χ1) is 12.7. The minimum atomic E-state index is -1.10. The molecule has 27 heavy (non-hydrogen) atoms. The maximum Gasteiger partial charge on any atom is 0.230 e. The number of piperidine rings is 1. The van der Waals surface area contributed by atoms with E-state index in [0.717, 1.165) is 55.6 Å². The summed E-state index contributed by atoms with van der Waals surface area (Å²) < 4.78 is 13.2. The zero-order valence-corrected chi connectivity index (χ0v) is 18.6. The van der Waals surface area contributed by atoms with E-state index in [1.807, 2.05) is 0 Å². The molecular formula is C19H33N5O2Si. The SMILES string of the molecule is COc1nc(N2CCC(C)(C)CC2)nc2c1cnn2COCC[Si](C)(C)C. The zero-order chi connectivity index (χ0) is 19.7. The van der Waals surface area contributed by atoms with Crippen molar-refractivity contribution in [2.75, 3.05) is 31.7 Å². The summed E-state index contributed by atoms with van der Waals surface area (Å²) in [6.07, 6.45) is 4.03. The summed E-state index contributed by atoms with van der Waals surface area (Å²) in [7, 11) is 0.547. The minimum absolute atomic E-state index is 0.386. The highest BCUT2D eigenvalue weighted by Crippen LogP contribution is 2.32. The molecule has 0 aliphatic carbocycles. The maximum atomic E-state index is 5.87. The third kappa shape index (κ3) is 4.98. The number of rotatable bonds is 7. The quantitative estimate of drug-likeness (QED) is 0.529. The van der Waals surface area contributed by atoms with Gasteiger partial charge in [0, 0.05) is 27.8 Å². The molecule has 7 nitrogen and oxygen atoms in total. The van der Waals surface area contributed by atoms with E-state index in [0.29, 0.717) is 18.0 Å². The van der Waals surface area contributed by atoms with Crippen LogP contribution in [0, 0.1) is 5.41 Å². The highest BCUT2D eigenvalue weighted by molar-refractivity contribution is 6.76. The Labute approximate surface area is 163 Å². The van der Waals surface area contributed by atoms with E-state index >= 15 is 0 Å². The van der Waals surface area contributed by atoms with Crippen LogP contribution in [-0.4, -0.2) is 54.6 Å². The third-order valence-corrected chi connectivity index (χ3v) is 6.96. The molecule has 3 heterocycles. The van der Waals surface area contributed by atoms with Crippen molar-refractivity contribution in [2.45, 2.75) is 59.1 Å². The van der Waals surface area contributed by atoms with Crippen molar-refractivity contribution >= 4 is 25.1 Å². The van der Waals surface area contributed by atoms with Gasteiger partial charge in [-0.1, -0.05) is 33.5 Å². The molecule has 1 aliphatic heterocycles. The summed E-state index contributed by atoms with van der Waals surface area (Å²) >= 11 is 0. The van der Waals surface area contributed by atoms with Crippen LogP contribution in [0.25, 0.3) is 11.0 Å². The van der Waals surface area contributed by atoms with Crippen molar-refractivity contribution in [1.29, 1.82) is 0 Å². The van der Waals surface area contributed by atoms with Crippen molar-refractivity contribution in [2.24, 2.45) is 5.41 Å². The topological polar surface area (TPSA) is 65.3 Å². The lowest BCUT2D eigenvalue weighted by molar-refractivity contribution is 0.0813. The molecule has 0 spiro atoms. The van der Waals surface area contributed by atoms with Crippen molar-refractivity contribution in [3.63, 3.8) is 0 Å². The van der Waals surface area contributed by atoms with Crippen molar-refractivity contribution in [1.82, 2.24) is 19.7 Å². The number of methoxy groups -OCH3 is 1. The van der Waals surface area contributed by atoms with E-state index in [4.69, 9.17) is 14.5 Å². The second-order valence-corrected chi connectivity index (χ2v) is 15.0. The van der Waals surface area contributed by atoms with Gasteiger partial charge in [0.1, 0.15) is 12.1 Å². The van der Waals surface area contributed by atoms with Crippen LogP contribution >= 0.6 is 0 Å². The summed E-state index contributed by atoms with van der Waals surface area (Å²) in [6, 6.07) is 1.14. The summed E-state index contributed by atoms with van der Waals surface area (Å²) in [6.45, 7) is 14.8. The first kappa shape index (κ1) is 20.1. The number of hydrogen-bond acceptors (Lipinski definition) is 6. The van der Waals surface area contributed by atoms with Crippen LogP contribution < -0.4 is 9.64 Å². The van der Waals surface area contributed by atoms with Crippen LogP contribution in [0.5, 0.6) is 5.88 Å². The molecule has 0 atom stereocenters. The molecule has 0 bridgehead atoms. The van der Waals surface area contributed by atoms with Crippen LogP contribution in [0.15, 0.2) is 6.20 Å². The summed E-state index contributed by atoms with van der Waals surface area (Å²) in [5, 5.41) is 5.28. The van der Waals surface area contributed by atoms with Crippen molar-refractivity contribution in [3.8, 4) is 5.88 Å². The number of hydrogen-bond donors (Lipinski definition) is 0. The fourth-order valence-electron chi connectivity index (χ4n) is 3.15. The largest absolute Gasteiger partial charge is 0.480 e. The molecule has 1 aliphatic rings. The molecule has 0 amide bonds. The summed E-state index contributed by atoms with van der Waals surface area (Å²) in [5.41, 5.74) is 1.16. The third-order valence-electron chi connectivity index (χ3n) is 5.25. The molecule has 0 saturated carbocycles. The molecule has 0 N–H and O–H groups in total. The smallest absolute Gasteiger partial charge is 0.230 e. The van der Waals surface area contributed by atoms with E-state index in [2.05, 4.69) is 48.5 Å². The molecule has 0 radical (unpaired) electrons. The molecule has 2 aromatic rings. The fourth-order valence-corrected chi connectivity index (χ4v) is 3.91. The van der Waals surface area contributed by atoms with Gasteiger partial charge in [-0.2, -0.15) is 15.1 Å². The molecule has 150 valence electrons. The minimum Gasteiger partial charge on any atom is -0.480 e. The van der Waals surface area contributed by atoms with Crippen molar-refractivity contribution in [3.05, 3.63) is 6.20 Å². The Morgan fingerprint density at radius 2 is 1.85 bits per heavy atom. The first-order valence-electron chi connectivity index (χ1n) is 9.79. The van der Waals surface area contributed by atoms with E-state index in [1.54, 1.807) is 18.0 Å². The zero-order valence-electron chi connectivity index (χ0n) is 17.6. The second kappa shape index (κ2) is 7.75. The van der Waals surface area contributed by atoms with Crippen LogP contribution in [0.2, 0.25) is 25.7 Å². The Morgan fingerprint density at radius 3 is 2.48 bits per heavy atom. The average molecular weight is 392 g/mol. The molecule has 2 aromatic heterocycles. The molecule has 3 rings (SSSR count). The molecule has 0 unspecified atom stereocenters. The normalized spacial score (nSPS) is 17.5. The molecule has 1 fully saturated rings. The van der Waals surface area contributed by atoms with Crippen LogP contribution in [-0.2, 0) is 11.5 Å². The fraction of sp³-hybridized carbons (Fsp3) is 0.737. The number of fused-ring (bicyclic) bond motifs is 1. The monoisotopic (exact) mass is 391 g/mol. The number of ether oxygens (including phenoxy) is 2. The van der Waals surface area contributed by atoms with Gasteiger partial charge in [-0.3, -0.25) is 0 Å². The van der Waals surface area contributed by atoms with Gasteiger partial charge in [0.05, 0.1) is 13.3 Å². The lowest BCUT2D eigenvalue weighted by Crippen LogP contribution is -2.38. The highest BCUT2D eigenvalue weighted by Gasteiger charge is 2.27. The number of anilines is 1. The van der Waals surface area contributed by atoms with Gasteiger partial charge in [0.15, 0.2) is 5.65 Å². The lowest BCUT2D eigenvalue weighted by Gasteiger charge is -2.36.